The number of unbranched alkanes of at least 4 members (excludes halogenated alkanes) is 11. The van der Waals surface area contributed by atoms with Gasteiger partial charge in [-0.05, 0) is 99.9 Å². The monoisotopic (exact) mass is 818 g/mol. The number of aliphatic carboxylic acids is 2. The molecular weight excluding hydrogens is 753 g/mol. The predicted molar refractivity (Wildman–Crippen MR) is 231 cm³/mol. The second-order valence-corrected chi connectivity index (χ2v) is 16.4. The minimum absolute atomic E-state index is 0.0709. The highest BCUT2D eigenvalue weighted by molar-refractivity contribution is 7.99. The van der Waals surface area contributed by atoms with E-state index in [1.807, 2.05) is 11.0 Å². The average Bonchev–Trinajstić information content (AvgIpc) is 3.21. The lowest BCUT2D eigenvalue weighted by Gasteiger charge is -2.35. The maximum absolute atomic E-state index is 13.0. The second kappa shape index (κ2) is 28.1. The fourth-order valence-electron chi connectivity index (χ4n) is 7.47. The van der Waals surface area contributed by atoms with Crippen molar-refractivity contribution in [2.45, 2.75) is 145 Å². The molecule has 0 aromatic heterocycles. The van der Waals surface area contributed by atoms with Crippen LogP contribution in [-0.2, 0) is 23.9 Å². The van der Waals surface area contributed by atoms with Crippen LogP contribution < -0.4 is 10.2 Å². The first kappa shape index (κ1) is 48.0. The van der Waals surface area contributed by atoms with Gasteiger partial charge in [-0.25, -0.2) is 0 Å². The molecule has 0 bridgehead atoms. The van der Waals surface area contributed by atoms with E-state index in [2.05, 4.69) is 66.5 Å². The van der Waals surface area contributed by atoms with Crippen LogP contribution >= 0.6 is 11.8 Å². The number of fused-ring (bicyclic) bond motifs is 2. The number of carbonyl (C=O) groups is 4. The van der Waals surface area contributed by atoms with Gasteiger partial charge in [-0.2, -0.15) is 5.26 Å². The fourth-order valence-corrected chi connectivity index (χ4v) is 8.62. The van der Waals surface area contributed by atoms with Crippen LogP contribution in [0.25, 0.3) is 6.08 Å². The molecule has 2 unspecified atom stereocenters. The number of nitrogens with one attached hydrogen (secondary N) is 1. The van der Waals surface area contributed by atoms with Crippen LogP contribution in [-0.4, -0.2) is 78.3 Å². The molecule has 2 aromatic rings. The molecule has 1 aliphatic heterocycles. The number of carboxylic acid groups (broad SMARTS) is 2. The van der Waals surface area contributed by atoms with E-state index >= 15 is 0 Å². The Morgan fingerprint density at radius 2 is 1.52 bits per heavy atom. The predicted octanol–water partition coefficient (Wildman–Crippen LogP) is 10.0. The number of rotatable bonds is 32. The Balaban J connectivity index is 1.37. The summed E-state index contributed by atoms with van der Waals surface area (Å²) in [5.41, 5.74) is 3.35. The highest BCUT2D eigenvalue weighted by Gasteiger charge is 2.27. The lowest BCUT2D eigenvalue weighted by Crippen LogP contribution is -2.42. The van der Waals surface area contributed by atoms with Crippen LogP contribution in [0, 0.1) is 17.2 Å². The number of anilines is 2. The summed E-state index contributed by atoms with van der Waals surface area (Å²) in [6.45, 7) is 7.93. The van der Waals surface area contributed by atoms with E-state index in [0.29, 0.717) is 45.1 Å². The number of ether oxygens (including phenoxy) is 1. The van der Waals surface area contributed by atoms with Gasteiger partial charge in [0.2, 0.25) is 0 Å². The number of amides is 1. The van der Waals surface area contributed by atoms with Crippen LogP contribution in [0.5, 0.6) is 0 Å². The standard InChI is InChI=1S/C46H66N4O7S/c1-3-5-20-36(4-2)34-50-39-21-14-15-22-42(39)58-43-32-37(23-24-40(43)50)31-38(33-47)45(54)48-27-16-11-9-7-6-8-10-12-17-28-49(29-18-13-19-30-57-35-51)41(46(55)56)25-26-44(52)53/h14-15,21-24,31-32,35-36,41H,3-13,16-20,25-30,34H2,1-2H3,(H,48,54)(H,52,53)(H,55,56)/b38-31+. The zero-order valence-corrected chi connectivity index (χ0v) is 35.6. The number of nitrogens with zero attached hydrogens (tertiary/aromatic N) is 3. The Hall–Kier alpha value is -4.34. The highest BCUT2D eigenvalue weighted by atomic mass is 32.2. The Kier molecular flexibility index (Phi) is 23.3. The fraction of sp³-hybridized carbons (Fsp3) is 0.587. The number of nitriles is 1. The van der Waals surface area contributed by atoms with Crippen LogP contribution in [0.4, 0.5) is 11.4 Å². The van der Waals surface area contributed by atoms with Crippen molar-refractivity contribution in [2.24, 2.45) is 5.92 Å². The molecule has 2 aromatic carbocycles. The number of hydrogen-bond donors (Lipinski definition) is 3. The van der Waals surface area contributed by atoms with Gasteiger partial charge in [0.05, 0.1) is 18.0 Å². The zero-order chi connectivity index (χ0) is 42.0. The SMILES string of the molecule is CCCCC(CC)CN1c2ccccc2Sc2cc(/C=C(\C#N)C(=O)NCCCCCCCCCCCN(CCCCCOC=O)C(CCC(=O)O)C(=O)O)ccc21. The van der Waals surface area contributed by atoms with E-state index in [4.69, 9.17) is 9.84 Å². The maximum atomic E-state index is 13.0. The van der Waals surface area contributed by atoms with Crippen molar-refractivity contribution >= 4 is 53.5 Å². The molecule has 0 saturated heterocycles. The highest BCUT2D eigenvalue weighted by Crippen LogP contribution is 2.49. The first-order chi connectivity index (χ1) is 28.2. The van der Waals surface area contributed by atoms with Gasteiger partial charge >= 0.3 is 11.9 Å². The number of carbonyl (C=O) groups excluding carboxylic acids is 2. The Bertz CT molecular complexity index is 1640. The number of para-hydroxylation sites is 1. The van der Waals surface area contributed by atoms with Gasteiger partial charge in [0.15, 0.2) is 0 Å². The van der Waals surface area contributed by atoms with Gasteiger partial charge in [0.1, 0.15) is 17.7 Å². The largest absolute Gasteiger partial charge is 0.481 e. The molecule has 0 spiro atoms. The average molecular weight is 819 g/mol. The quantitative estimate of drug-likeness (QED) is 0.0279. The van der Waals surface area contributed by atoms with Gasteiger partial charge in [0.25, 0.3) is 12.4 Å². The van der Waals surface area contributed by atoms with E-state index in [9.17, 15) is 29.5 Å². The zero-order valence-electron chi connectivity index (χ0n) is 34.8. The molecule has 1 heterocycles. The second-order valence-electron chi connectivity index (χ2n) is 15.3. The molecule has 0 fully saturated rings. The Morgan fingerprint density at radius 3 is 2.16 bits per heavy atom. The van der Waals surface area contributed by atoms with Crippen LogP contribution in [0.3, 0.4) is 0 Å². The lowest BCUT2D eigenvalue weighted by atomic mass is 9.98. The van der Waals surface area contributed by atoms with Gasteiger partial charge in [-0.15, -0.1) is 0 Å². The van der Waals surface area contributed by atoms with Crippen molar-refractivity contribution in [3.05, 3.63) is 53.6 Å². The third kappa shape index (κ3) is 17.3. The molecule has 1 amide bonds. The van der Waals surface area contributed by atoms with E-state index < -0.39 is 18.0 Å². The molecule has 3 rings (SSSR count). The molecule has 0 saturated carbocycles. The van der Waals surface area contributed by atoms with Crippen molar-refractivity contribution in [1.82, 2.24) is 10.2 Å². The van der Waals surface area contributed by atoms with Gasteiger partial charge < -0.3 is 25.2 Å². The normalized spacial score (nSPS) is 13.3. The Labute approximate surface area is 350 Å². The smallest absolute Gasteiger partial charge is 0.320 e. The van der Waals surface area contributed by atoms with Gasteiger partial charge in [-0.3, -0.25) is 24.1 Å². The third-order valence-electron chi connectivity index (χ3n) is 10.9. The molecule has 0 radical (unpaired) electrons. The summed E-state index contributed by atoms with van der Waals surface area (Å²) >= 11 is 1.74. The summed E-state index contributed by atoms with van der Waals surface area (Å²) in [6, 6.07) is 16.0. The Morgan fingerprint density at radius 1 is 0.862 bits per heavy atom. The first-order valence-electron chi connectivity index (χ1n) is 21.5. The summed E-state index contributed by atoms with van der Waals surface area (Å²) in [4.78, 5) is 53.1. The summed E-state index contributed by atoms with van der Waals surface area (Å²) < 4.78 is 4.73. The molecule has 11 nitrogen and oxygen atoms in total. The van der Waals surface area contributed by atoms with Gasteiger partial charge in [0, 0.05) is 29.3 Å². The van der Waals surface area contributed by atoms with Crippen molar-refractivity contribution in [2.75, 3.05) is 37.7 Å². The number of benzene rings is 2. The van der Waals surface area contributed by atoms with Crippen molar-refractivity contribution in [3.63, 3.8) is 0 Å². The first-order valence-corrected chi connectivity index (χ1v) is 22.4. The molecule has 0 aliphatic carbocycles. The van der Waals surface area contributed by atoms with Crippen molar-refractivity contribution in [3.8, 4) is 6.07 Å². The van der Waals surface area contributed by atoms with E-state index in [1.165, 1.54) is 35.5 Å². The molecule has 58 heavy (non-hydrogen) atoms. The van der Waals surface area contributed by atoms with Gasteiger partial charge in [-0.1, -0.05) is 108 Å². The third-order valence-corrected chi connectivity index (χ3v) is 12.0. The van der Waals surface area contributed by atoms with Crippen molar-refractivity contribution < 1.29 is 34.1 Å². The summed E-state index contributed by atoms with van der Waals surface area (Å²) in [6.07, 6.45) is 17.7. The summed E-state index contributed by atoms with van der Waals surface area (Å²) in [7, 11) is 0. The molecule has 12 heteroatoms. The molecule has 3 N–H and O–H groups in total. The summed E-state index contributed by atoms with van der Waals surface area (Å²) in [5, 5.41) is 31.7. The topological polar surface area (TPSA) is 160 Å². The van der Waals surface area contributed by atoms with E-state index in [1.54, 1.807) is 17.8 Å². The summed E-state index contributed by atoms with van der Waals surface area (Å²) in [5.74, 6) is -1.74. The number of hydrogen-bond acceptors (Lipinski definition) is 9. The minimum Gasteiger partial charge on any atom is -0.481 e. The number of carboxylic acids is 2. The van der Waals surface area contributed by atoms with Crippen LogP contribution in [0.2, 0.25) is 0 Å². The lowest BCUT2D eigenvalue weighted by molar-refractivity contribution is -0.144. The van der Waals surface area contributed by atoms with Crippen LogP contribution in [0.1, 0.15) is 135 Å². The minimum atomic E-state index is -1.000. The molecule has 1 aliphatic rings. The van der Waals surface area contributed by atoms with E-state index in [-0.39, 0.29) is 24.3 Å². The van der Waals surface area contributed by atoms with Crippen LogP contribution in [0.15, 0.2) is 57.8 Å². The van der Waals surface area contributed by atoms with E-state index in [0.717, 1.165) is 94.1 Å². The molecule has 318 valence electrons. The molecular formula is C46H66N4O7S. The molecule has 2 atom stereocenters. The maximum Gasteiger partial charge on any atom is 0.320 e. The van der Waals surface area contributed by atoms with Crippen molar-refractivity contribution in [1.29, 1.82) is 5.26 Å².